The van der Waals surface area contributed by atoms with Crippen molar-refractivity contribution in [3.05, 3.63) is 59.7 Å². The smallest absolute Gasteiger partial charge is 0.399 e. The van der Waals surface area contributed by atoms with Gasteiger partial charge in [0.2, 0.25) is 0 Å². The fourth-order valence-electron chi connectivity index (χ4n) is 4.13. The zero-order valence-electron chi connectivity index (χ0n) is 22.6. The minimum Gasteiger partial charge on any atom is -0.399 e. The Hall–Kier alpha value is -2.25. The monoisotopic (exact) mass is 490 g/mol. The molecule has 190 valence electrons. The van der Waals surface area contributed by atoms with Crippen LogP contribution in [0.25, 0.3) is 0 Å². The minimum absolute atomic E-state index is 0.0716. The highest BCUT2D eigenvalue weighted by Gasteiger charge is 2.52. The summed E-state index contributed by atoms with van der Waals surface area (Å²) in [5.74, 6) is -0.143. The number of Topliss-reactive ketones (excluding diaryl/α,β-unsaturated/α-hetero) is 2. The summed E-state index contributed by atoms with van der Waals surface area (Å²) < 4.78 is 24.3. The van der Waals surface area contributed by atoms with E-state index in [1.807, 2.05) is 79.7 Å². The molecule has 0 spiro atoms. The van der Waals surface area contributed by atoms with Crippen LogP contribution in [0.15, 0.2) is 48.5 Å². The van der Waals surface area contributed by atoms with Gasteiger partial charge in [-0.25, -0.2) is 0 Å². The van der Waals surface area contributed by atoms with E-state index < -0.39 is 36.6 Å². The molecule has 8 heteroatoms. The van der Waals surface area contributed by atoms with Crippen LogP contribution in [0.3, 0.4) is 0 Å². The van der Waals surface area contributed by atoms with Crippen LogP contribution >= 0.6 is 0 Å². The van der Waals surface area contributed by atoms with Crippen molar-refractivity contribution in [1.29, 1.82) is 0 Å². The van der Waals surface area contributed by atoms with Gasteiger partial charge in [-0.15, -0.1) is 0 Å². The molecule has 0 aliphatic carbocycles. The van der Waals surface area contributed by atoms with E-state index in [1.165, 1.54) is 0 Å². The lowest BCUT2D eigenvalue weighted by Crippen LogP contribution is -2.41. The quantitative estimate of drug-likeness (QED) is 0.430. The SMILES string of the molecule is CC1(C)OB(c2ccc(C(=O)CCC(=O)c3ccc(B4OC(C)(C)C(C)(C)O4)cc3)cc2)OC1(C)C. The average molecular weight is 490 g/mol. The molecule has 2 aromatic carbocycles. The second-order valence-corrected chi connectivity index (χ2v) is 11.8. The molecule has 2 aromatic rings. The van der Waals surface area contributed by atoms with Gasteiger partial charge in [0, 0.05) is 24.0 Å². The Labute approximate surface area is 215 Å². The summed E-state index contributed by atoms with van der Waals surface area (Å²) in [5, 5.41) is 0. The molecule has 6 nitrogen and oxygen atoms in total. The van der Waals surface area contributed by atoms with Crippen LogP contribution in [0.2, 0.25) is 0 Å². The molecule has 2 aliphatic rings. The summed E-state index contributed by atoms with van der Waals surface area (Å²) in [6.07, 6.45) is 0.293. The lowest BCUT2D eigenvalue weighted by molar-refractivity contribution is 0.00578. The summed E-state index contributed by atoms with van der Waals surface area (Å²) in [5.41, 5.74) is 1.18. The molecule has 0 aromatic heterocycles. The normalized spacial score (nSPS) is 21.6. The van der Waals surface area contributed by atoms with Crippen LogP contribution in [-0.2, 0) is 18.6 Å². The lowest BCUT2D eigenvalue weighted by Gasteiger charge is -2.32. The Kier molecular flexibility index (Phi) is 6.88. The molecule has 2 heterocycles. The van der Waals surface area contributed by atoms with Crippen molar-refractivity contribution in [3.8, 4) is 0 Å². The van der Waals surface area contributed by atoms with E-state index in [4.69, 9.17) is 18.6 Å². The molecule has 0 radical (unpaired) electrons. The number of carbonyl (C=O) groups excluding carboxylic acids is 2. The van der Waals surface area contributed by atoms with Crippen LogP contribution < -0.4 is 10.9 Å². The standard InChI is InChI=1S/C28H36B2O6/c1-25(2)26(3,4)34-29(33-25)21-13-9-19(10-14-21)23(31)17-18-24(32)20-11-15-22(16-12-20)30-35-27(5,6)28(7,8)36-30/h9-16H,17-18H2,1-8H3. The second kappa shape index (κ2) is 9.25. The molecular weight excluding hydrogens is 454 g/mol. The number of benzene rings is 2. The average Bonchev–Trinajstić information content (AvgIpc) is 3.17. The van der Waals surface area contributed by atoms with Crippen LogP contribution in [0.5, 0.6) is 0 Å². The van der Waals surface area contributed by atoms with Crippen LogP contribution in [0.1, 0.15) is 88.9 Å². The van der Waals surface area contributed by atoms with Gasteiger partial charge in [-0.2, -0.15) is 0 Å². The van der Waals surface area contributed by atoms with Gasteiger partial charge >= 0.3 is 14.2 Å². The second-order valence-electron chi connectivity index (χ2n) is 11.8. The first-order valence-electron chi connectivity index (χ1n) is 12.6. The maximum Gasteiger partial charge on any atom is 0.494 e. The molecule has 0 unspecified atom stereocenters. The fraction of sp³-hybridized carbons (Fsp3) is 0.500. The predicted octanol–water partition coefficient (Wildman–Crippen LogP) is 4.13. The lowest BCUT2D eigenvalue weighted by atomic mass is 9.78. The first kappa shape index (κ1) is 26.8. The van der Waals surface area contributed by atoms with Crippen molar-refractivity contribution in [2.24, 2.45) is 0 Å². The maximum atomic E-state index is 12.7. The van der Waals surface area contributed by atoms with Gasteiger partial charge in [0.1, 0.15) is 0 Å². The van der Waals surface area contributed by atoms with Crippen LogP contribution in [0, 0.1) is 0 Å². The van der Waals surface area contributed by atoms with Gasteiger partial charge < -0.3 is 18.6 Å². The van der Waals surface area contributed by atoms with Crippen molar-refractivity contribution in [3.63, 3.8) is 0 Å². The number of hydrogen-bond acceptors (Lipinski definition) is 6. The topological polar surface area (TPSA) is 71.1 Å². The maximum absolute atomic E-state index is 12.7. The van der Waals surface area contributed by atoms with Crippen molar-refractivity contribution in [1.82, 2.24) is 0 Å². The van der Waals surface area contributed by atoms with E-state index in [2.05, 4.69) is 0 Å². The highest BCUT2D eigenvalue weighted by molar-refractivity contribution is 6.62. The highest BCUT2D eigenvalue weighted by Crippen LogP contribution is 2.37. The molecule has 2 aliphatic heterocycles. The molecule has 2 saturated heterocycles. The molecule has 2 fully saturated rings. The molecule has 0 amide bonds. The zero-order valence-corrected chi connectivity index (χ0v) is 22.6. The molecular formula is C28H36B2O6. The Balaban J connectivity index is 1.32. The van der Waals surface area contributed by atoms with Crippen molar-refractivity contribution >= 4 is 36.7 Å². The molecule has 0 atom stereocenters. The minimum atomic E-state index is -0.471. The van der Waals surface area contributed by atoms with Gasteiger partial charge in [-0.05, 0) is 66.3 Å². The van der Waals surface area contributed by atoms with E-state index >= 15 is 0 Å². The Morgan fingerprint density at radius 3 is 1.03 bits per heavy atom. The molecule has 0 N–H and O–H groups in total. The Morgan fingerprint density at radius 2 is 0.778 bits per heavy atom. The first-order chi connectivity index (χ1) is 16.6. The number of ketones is 2. The van der Waals surface area contributed by atoms with Crippen LogP contribution in [-0.4, -0.2) is 48.2 Å². The van der Waals surface area contributed by atoms with E-state index in [9.17, 15) is 9.59 Å². The van der Waals surface area contributed by atoms with Crippen molar-refractivity contribution in [2.75, 3.05) is 0 Å². The van der Waals surface area contributed by atoms with Gasteiger partial charge in [0.15, 0.2) is 11.6 Å². The zero-order chi connectivity index (χ0) is 26.5. The third-order valence-electron chi connectivity index (χ3n) is 8.10. The number of hydrogen-bond donors (Lipinski definition) is 0. The first-order valence-corrected chi connectivity index (χ1v) is 12.6. The summed E-state index contributed by atoms with van der Waals surface area (Å²) in [6, 6.07) is 14.5. The number of rotatable bonds is 7. The van der Waals surface area contributed by atoms with Gasteiger partial charge in [-0.3, -0.25) is 9.59 Å². The summed E-state index contributed by atoms with van der Waals surface area (Å²) in [4.78, 5) is 25.4. The van der Waals surface area contributed by atoms with Crippen LogP contribution in [0.4, 0.5) is 0 Å². The Morgan fingerprint density at radius 1 is 0.528 bits per heavy atom. The Bertz CT molecular complexity index is 1010. The van der Waals surface area contributed by atoms with E-state index in [0.29, 0.717) is 11.1 Å². The summed E-state index contributed by atoms with van der Waals surface area (Å²) in [7, 11) is -0.943. The number of carbonyl (C=O) groups is 2. The molecule has 0 bridgehead atoms. The third-order valence-corrected chi connectivity index (χ3v) is 8.10. The molecule has 4 rings (SSSR count). The van der Waals surface area contributed by atoms with Crippen molar-refractivity contribution in [2.45, 2.75) is 90.6 Å². The van der Waals surface area contributed by atoms with E-state index in [0.717, 1.165) is 10.9 Å². The summed E-state index contributed by atoms with van der Waals surface area (Å²) >= 11 is 0. The van der Waals surface area contributed by atoms with E-state index in [1.54, 1.807) is 24.3 Å². The third kappa shape index (κ3) is 5.10. The largest absolute Gasteiger partial charge is 0.494 e. The molecule has 0 saturated carbocycles. The molecule has 36 heavy (non-hydrogen) atoms. The van der Waals surface area contributed by atoms with Crippen molar-refractivity contribution < 1.29 is 28.2 Å². The van der Waals surface area contributed by atoms with Gasteiger partial charge in [0.05, 0.1) is 22.4 Å². The fourth-order valence-corrected chi connectivity index (χ4v) is 4.13. The van der Waals surface area contributed by atoms with E-state index in [-0.39, 0.29) is 24.4 Å². The van der Waals surface area contributed by atoms with Gasteiger partial charge in [-0.1, -0.05) is 48.5 Å². The predicted molar refractivity (Wildman–Crippen MR) is 142 cm³/mol. The summed E-state index contributed by atoms with van der Waals surface area (Å²) in [6.45, 7) is 16.1. The highest BCUT2D eigenvalue weighted by atomic mass is 16.7. The van der Waals surface area contributed by atoms with Gasteiger partial charge in [0.25, 0.3) is 0 Å².